The number of halogens is 2. The summed E-state index contributed by atoms with van der Waals surface area (Å²) in [6, 6.07) is 39.1. The van der Waals surface area contributed by atoms with Gasteiger partial charge in [0.05, 0.1) is 0 Å². The average Bonchev–Trinajstić information content (AvgIpc) is 3.54. The van der Waals surface area contributed by atoms with Crippen LogP contribution < -0.4 is 24.8 Å². The smallest absolute Gasteiger partial charge is 1.00 e. The van der Waals surface area contributed by atoms with Crippen LogP contribution in [0, 0.1) is 0 Å². The van der Waals surface area contributed by atoms with Crippen molar-refractivity contribution >= 4 is 3.21 Å². The fraction of sp³-hybridized carbons (Fsp3) is 0.171. The summed E-state index contributed by atoms with van der Waals surface area (Å²) in [5, 5.41) is 0. The largest absolute Gasteiger partial charge is 1.00 e. The van der Waals surface area contributed by atoms with Crippen LogP contribution in [-0.4, -0.2) is 3.21 Å². The number of rotatable bonds is 4. The molecule has 0 unspecified atom stereocenters. The molecule has 2 aliphatic carbocycles. The maximum atomic E-state index is 2.45. The molecule has 4 aromatic carbocycles. The molecule has 0 fully saturated rings. The molecular formula is C35H32Cl2Zr. The Morgan fingerprint density at radius 1 is 0.658 bits per heavy atom. The molecule has 0 atom stereocenters. The van der Waals surface area contributed by atoms with Crippen LogP contribution in [0.1, 0.15) is 58.6 Å². The van der Waals surface area contributed by atoms with Crippen molar-refractivity contribution in [1.29, 1.82) is 0 Å². The summed E-state index contributed by atoms with van der Waals surface area (Å²) in [6.45, 7) is 6.89. The maximum Gasteiger partial charge on any atom is -1.00 e. The van der Waals surface area contributed by atoms with Crippen LogP contribution in [-0.2, 0) is 26.7 Å². The first-order valence-corrected chi connectivity index (χ1v) is 16.8. The van der Waals surface area contributed by atoms with Crippen LogP contribution in [0.5, 0.6) is 0 Å². The van der Waals surface area contributed by atoms with E-state index in [2.05, 4.69) is 142 Å². The van der Waals surface area contributed by atoms with Crippen LogP contribution in [0.2, 0.25) is 0 Å². The molecule has 0 N–H and O–H groups in total. The normalized spacial score (nSPS) is 14.1. The minimum atomic E-state index is -2.54. The Morgan fingerprint density at radius 2 is 1.18 bits per heavy atom. The SMILES string of the molecule is CC(C)(C)c1ccc(/[C](c2ccccc2)=[Zr+2](/[C]2=CC=CC2)[CH]2c3ccccc3-c3ccccc32)cc1.[Cl-].[Cl-]. The average molecular weight is 615 g/mol. The second-order valence-corrected chi connectivity index (χ2v) is 17.2. The molecule has 0 bridgehead atoms. The predicted octanol–water partition coefficient (Wildman–Crippen LogP) is 2.79. The van der Waals surface area contributed by atoms with Gasteiger partial charge in [0.1, 0.15) is 0 Å². The molecule has 0 saturated heterocycles. The summed E-state index contributed by atoms with van der Waals surface area (Å²) in [7, 11) is 0. The van der Waals surface area contributed by atoms with E-state index >= 15 is 0 Å². The molecule has 2 aliphatic rings. The van der Waals surface area contributed by atoms with Crippen LogP contribution >= 0.6 is 0 Å². The van der Waals surface area contributed by atoms with Gasteiger partial charge < -0.3 is 24.8 Å². The summed E-state index contributed by atoms with van der Waals surface area (Å²) in [5.41, 5.74) is 10.2. The van der Waals surface area contributed by atoms with Crippen molar-refractivity contribution in [3.8, 4) is 11.1 Å². The van der Waals surface area contributed by atoms with Crippen molar-refractivity contribution in [2.45, 2.75) is 36.2 Å². The van der Waals surface area contributed by atoms with Gasteiger partial charge in [-0.3, -0.25) is 0 Å². The Labute approximate surface area is 247 Å². The van der Waals surface area contributed by atoms with E-state index < -0.39 is 21.3 Å². The van der Waals surface area contributed by atoms with Gasteiger partial charge in [-0.25, -0.2) is 0 Å². The fourth-order valence-corrected chi connectivity index (χ4v) is 14.9. The van der Waals surface area contributed by atoms with Crippen molar-refractivity contribution < 1.29 is 46.1 Å². The summed E-state index contributed by atoms with van der Waals surface area (Å²) < 4.78 is 3.78. The zero-order valence-corrected chi connectivity index (χ0v) is 26.1. The molecule has 0 radical (unpaired) electrons. The number of fused-ring (bicyclic) bond motifs is 3. The van der Waals surface area contributed by atoms with Crippen LogP contribution in [0.3, 0.4) is 0 Å². The van der Waals surface area contributed by atoms with E-state index in [4.69, 9.17) is 0 Å². The monoisotopic (exact) mass is 612 g/mol. The van der Waals surface area contributed by atoms with Gasteiger partial charge in [-0.2, -0.15) is 0 Å². The summed E-state index contributed by atoms with van der Waals surface area (Å²) >= 11 is -2.54. The van der Waals surface area contributed by atoms with Crippen LogP contribution in [0.15, 0.2) is 125 Å². The van der Waals surface area contributed by atoms with E-state index in [1.807, 2.05) is 0 Å². The van der Waals surface area contributed by atoms with Gasteiger partial charge >= 0.3 is 224 Å². The van der Waals surface area contributed by atoms with Crippen LogP contribution in [0.4, 0.5) is 0 Å². The molecule has 0 saturated carbocycles. The first-order valence-electron chi connectivity index (χ1n) is 13.0. The van der Waals surface area contributed by atoms with Gasteiger partial charge in [0.2, 0.25) is 0 Å². The van der Waals surface area contributed by atoms with Crippen molar-refractivity contribution in [2.24, 2.45) is 0 Å². The third kappa shape index (κ3) is 5.27. The molecular weight excluding hydrogens is 583 g/mol. The number of hydrogen-bond donors (Lipinski definition) is 0. The molecule has 0 nitrogen and oxygen atoms in total. The molecule has 0 aromatic heterocycles. The second kappa shape index (κ2) is 11.8. The van der Waals surface area contributed by atoms with E-state index in [0.29, 0.717) is 3.63 Å². The summed E-state index contributed by atoms with van der Waals surface area (Å²) in [4.78, 5) is 0. The molecule has 0 amide bonds. The van der Waals surface area contributed by atoms with Gasteiger partial charge in [0, 0.05) is 0 Å². The fourth-order valence-electron chi connectivity index (χ4n) is 5.82. The van der Waals surface area contributed by atoms with E-state index in [0.717, 1.165) is 6.42 Å². The summed E-state index contributed by atoms with van der Waals surface area (Å²) in [6.07, 6.45) is 8.18. The Balaban J connectivity index is 0.00000168. The number of benzene rings is 4. The first kappa shape index (κ1) is 28.7. The van der Waals surface area contributed by atoms with Gasteiger partial charge in [-0.05, 0) is 0 Å². The van der Waals surface area contributed by atoms with E-state index in [1.54, 1.807) is 6.49 Å². The summed E-state index contributed by atoms with van der Waals surface area (Å²) in [5.74, 6) is 0. The van der Waals surface area contributed by atoms with Gasteiger partial charge in [0.15, 0.2) is 0 Å². The van der Waals surface area contributed by atoms with Gasteiger partial charge in [-0.15, -0.1) is 0 Å². The van der Waals surface area contributed by atoms with E-state index in [1.165, 1.54) is 38.9 Å². The number of allylic oxidation sites excluding steroid dienone is 4. The molecule has 6 rings (SSSR count). The van der Waals surface area contributed by atoms with Crippen molar-refractivity contribution in [2.75, 3.05) is 0 Å². The minimum absolute atomic E-state index is 0. The second-order valence-electron chi connectivity index (χ2n) is 10.9. The third-order valence-corrected chi connectivity index (χ3v) is 15.9. The Hall–Kier alpha value is -2.31. The van der Waals surface area contributed by atoms with Crippen molar-refractivity contribution in [1.82, 2.24) is 0 Å². The van der Waals surface area contributed by atoms with Crippen molar-refractivity contribution in [3.63, 3.8) is 0 Å². The third-order valence-electron chi connectivity index (χ3n) is 7.61. The zero-order valence-electron chi connectivity index (χ0n) is 22.1. The topological polar surface area (TPSA) is 0 Å². The molecule has 190 valence electrons. The Bertz CT molecular complexity index is 1470. The molecule has 0 heterocycles. The van der Waals surface area contributed by atoms with Crippen LogP contribution in [0.25, 0.3) is 11.1 Å². The first-order chi connectivity index (χ1) is 17.5. The van der Waals surface area contributed by atoms with Crippen molar-refractivity contribution in [3.05, 3.63) is 152 Å². The molecule has 0 spiro atoms. The Kier molecular flexibility index (Phi) is 8.94. The molecule has 38 heavy (non-hydrogen) atoms. The molecule has 4 aromatic rings. The minimum Gasteiger partial charge on any atom is -1.00 e. The quantitative estimate of drug-likeness (QED) is 0.332. The number of hydrogen-bond acceptors (Lipinski definition) is 0. The zero-order chi connectivity index (χ0) is 24.7. The Morgan fingerprint density at radius 3 is 1.71 bits per heavy atom. The molecule has 0 aliphatic heterocycles. The van der Waals surface area contributed by atoms with E-state index in [-0.39, 0.29) is 30.2 Å². The standard InChI is InChI=1S/C17H18.C13H9.C5H5.2ClH.Zr/c1-17(2,3)16-11-9-15(10-12-16)13-14-7-5-4-6-8-14;1-3-7-12-10(5-1)9-11-6-2-4-8-13(11)12;1-2-4-5-3-1;;;/h4-12H,1-3H3;1-9H;1-3H,4H2;2*1H;/q;;;;;+2/p-2. The van der Waals surface area contributed by atoms with Gasteiger partial charge in [-0.1, -0.05) is 0 Å². The predicted molar refractivity (Wildman–Crippen MR) is 150 cm³/mol. The maximum absolute atomic E-state index is 2.54. The molecule has 3 heteroatoms. The van der Waals surface area contributed by atoms with E-state index in [9.17, 15) is 0 Å². The van der Waals surface area contributed by atoms with Gasteiger partial charge in [0.25, 0.3) is 0 Å².